The molecular formula is C13H17N5OS. The van der Waals surface area contributed by atoms with Crippen LogP contribution in [0, 0.1) is 6.92 Å². The van der Waals surface area contributed by atoms with Crippen LogP contribution in [-0.2, 0) is 12.3 Å². The van der Waals surface area contributed by atoms with E-state index < -0.39 is 5.91 Å². The zero-order valence-corrected chi connectivity index (χ0v) is 12.1. The van der Waals surface area contributed by atoms with Crippen LogP contribution in [0.1, 0.15) is 21.7 Å². The summed E-state index contributed by atoms with van der Waals surface area (Å²) in [5, 5.41) is 8.98. The summed E-state index contributed by atoms with van der Waals surface area (Å²) in [6, 6.07) is 7.31. The molecule has 2 rings (SSSR count). The lowest BCUT2D eigenvalue weighted by atomic mass is 10.1. The Morgan fingerprint density at radius 1 is 1.35 bits per heavy atom. The number of carbonyl (C=O) groups excluding carboxylic acids is 1. The van der Waals surface area contributed by atoms with Gasteiger partial charge in [-0.25, -0.2) is 0 Å². The Bertz CT molecular complexity index is 611. The van der Waals surface area contributed by atoms with Gasteiger partial charge in [-0.2, -0.15) is 0 Å². The predicted molar refractivity (Wildman–Crippen MR) is 78.3 cm³/mol. The molecule has 0 bridgehead atoms. The summed E-state index contributed by atoms with van der Waals surface area (Å²) in [6.07, 6.45) is 0. The fourth-order valence-electron chi connectivity index (χ4n) is 1.88. The second-order valence-electron chi connectivity index (χ2n) is 4.28. The van der Waals surface area contributed by atoms with Crippen molar-refractivity contribution in [1.82, 2.24) is 14.8 Å². The van der Waals surface area contributed by atoms with Crippen LogP contribution < -0.4 is 11.5 Å². The molecule has 4 N–H and O–H groups in total. The maximum atomic E-state index is 11.4. The molecule has 20 heavy (non-hydrogen) atoms. The topological polar surface area (TPSA) is 99.8 Å². The standard InChI is InChI=1S/C13H17N5OS/c1-9-16-17-13(18(9)7-6-14)20-8-10-4-2-3-5-11(10)12(15)19/h2-5H,6-8,14H2,1H3,(H2,15,19). The maximum absolute atomic E-state index is 11.4. The van der Waals surface area contributed by atoms with Gasteiger partial charge >= 0.3 is 0 Å². The van der Waals surface area contributed by atoms with E-state index in [2.05, 4.69) is 10.2 Å². The van der Waals surface area contributed by atoms with Crippen LogP contribution in [0.2, 0.25) is 0 Å². The Morgan fingerprint density at radius 3 is 2.80 bits per heavy atom. The molecule has 0 radical (unpaired) electrons. The molecule has 0 atom stereocenters. The molecule has 0 unspecified atom stereocenters. The summed E-state index contributed by atoms with van der Waals surface area (Å²) in [5.74, 6) is 1.03. The Balaban J connectivity index is 2.15. The van der Waals surface area contributed by atoms with E-state index in [1.165, 1.54) is 11.8 Å². The second-order valence-corrected chi connectivity index (χ2v) is 5.22. The number of hydrogen-bond acceptors (Lipinski definition) is 5. The van der Waals surface area contributed by atoms with Crippen LogP contribution in [-0.4, -0.2) is 27.2 Å². The molecule has 0 saturated carbocycles. The molecule has 1 aromatic heterocycles. The first-order valence-corrected chi connectivity index (χ1v) is 7.22. The summed E-state index contributed by atoms with van der Waals surface area (Å²) in [4.78, 5) is 11.4. The van der Waals surface area contributed by atoms with Crippen molar-refractivity contribution in [3.05, 3.63) is 41.2 Å². The van der Waals surface area contributed by atoms with Crippen LogP contribution in [0.3, 0.4) is 0 Å². The summed E-state index contributed by atoms with van der Waals surface area (Å²) in [6.45, 7) is 3.10. The van der Waals surface area contributed by atoms with Crippen molar-refractivity contribution in [1.29, 1.82) is 0 Å². The molecule has 6 nitrogen and oxygen atoms in total. The molecular weight excluding hydrogens is 274 g/mol. The number of primary amides is 1. The number of benzene rings is 1. The van der Waals surface area contributed by atoms with E-state index in [1.807, 2.05) is 23.6 Å². The third kappa shape index (κ3) is 3.17. The number of nitrogens with two attached hydrogens (primary N) is 2. The van der Waals surface area contributed by atoms with E-state index in [9.17, 15) is 4.79 Å². The van der Waals surface area contributed by atoms with Crippen LogP contribution in [0.4, 0.5) is 0 Å². The number of nitrogens with zero attached hydrogens (tertiary/aromatic N) is 3. The number of amides is 1. The normalized spacial score (nSPS) is 10.7. The van der Waals surface area contributed by atoms with Gasteiger partial charge in [0.2, 0.25) is 5.91 Å². The molecule has 0 aliphatic heterocycles. The Labute approximate surface area is 121 Å². The minimum atomic E-state index is -0.416. The Kier molecular flexibility index (Phi) is 4.75. The molecule has 0 aliphatic carbocycles. The number of thioether (sulfide) groups is 1. The van der Waals surface area contributed by atoms with Gasteiger partial charge in [-0.1, -0.05) is 30.0 Å². The fourth-order valence-corrected chi connectivity index (χ4v) is 2.90. The molecule has 0 fully saturated rings. The Hall–Kier alpha value is -1.86. The van der Waals surface area contributed by atoms with Gasteiger partial charge in [-0.05, 0) is 18.6 Å². The monoisotopic (exact) mass is 291 g/mol. The maximum Gasteiger partial charge on any atom is 0.249 e. The van der Waals surface area contributed by atoms with Crippen molar-refractivity contribution >= 4 is 17.7 Å². The third-order valence-corrected chi connectivity index (χ3v) is 3.91. The summed E-state index contributed by atoms with van der Waals surface area (Å²) in [7, 11) is 0. The summed E-state index contributed by atoms with van der Waals surface area (Å²) in [5.41, 5.74) is 12.4. The highest BCUT2D eigenvalue weighted by molar-refractivity contribution is 7.98. The molecule has 1 aromatic carbocycles. The zero-order chi connectivity index (χ0) is 14.5. The summed E-state index contributed by atoms with van der Waals surface area (Å²) >= 11 is 1.52. The number of rotatable bonds is 6. The van der Waals surface area contributed by atoms with E-state index in [-0.39, 0.29) is 0 Å². The van der Waals surface area contributed by atoms with E-state index in [1.54, 1.807) is 12.1 Å². The van der Waals surface area contributed by atoms with Gasteiger partial charge in [0.15, 0.2) is 5.16 Å². The average Bonchev–Trinajstić information content (AvgIpc) is 2.78. The highest BCUT2D eigenvalue weighted by Gasteiger charge is 2.12. The lowest BCUT2D eigenvalue weighted by Gasteiger charge is -2.08. The van der Waals surface area contributed by atoms with Gasteiger partial charge in [0, 0.05) is 24.4 Å². The minimum absolute atomic E-state index is 0.416. The third-order valence-electron chi connectivity index (χ3n) is 2.89. The van der Waals surface area contributed by atoms with Crippen molar-refractivity contribution in [2.75, 3.05) is 6.54 Å². The van der Waals surface area contributed by atoms with Crippen molar-refractivity contribution in [2.24, 2.45) is 11.5 Å². The first-order valence-electron chi connectivity index (χ1n) is 6.24. The van der Waals surface area contributed by atoms with Crippen LogP contribution in [0.25, 0.3) is 0 Å². The van der Waals surface area contributed by atoms with E-state index in [0.29, 0.717) is 24.4 Å². The van der Waals surface area contributed by atoms with Gasteiger partial charge in [-0.15, -0.1) is 10.2 Å². The zero-order valence-electron chi connectivity index (χ0n) is 11.2. The van der Waals surface area contributed by atoms with Gasteiger partial charge in [0.25, 0.3) is 0 Å². The Morgan fingerprint density at radius 2 is 2.10 bits per heavy atom. The SMILES string of the molecule is Cc1nnc(SCc2ccccc2C(N)=O)n1CCN. The van der Waals surface area contributed by atoms with Gasteiger partial charge < -0.3 is 16.0 Å². The highest BCUT2D eigenvalue weighted by atomic mass is 32.2. The number of hydrogen-bond donors (Lipinski definition) is 2. The smallest absolute Gasteiger partial charge is 0.249 e. The van der Waals surface area contributed by atoms with Crippen LogP contribution in [0.5, 0.6) is 0 Å². The molecule has 2 aromatic rings. The summed E-state index contributed by atoms with van der Waals surface area (Å²) < 4.78 is 1.97. The molecule has 7 heteroatoms. The van der Waals surface area contributed by atoms with Gasteiger partial charge in [0.1, 0.15) is 5.82 Å². The van der Waals surface area contributed by atoms with Gasteiger partial charge in [-0.3, -0.25) is 4.79 Å². The molecule has 1 heterocycles. The van der Waals surface area contributed by atoms with Crippen molar-refractivity contribution < 1.29 is 4.79 Å². The largest absolute Gasteiger partial charge is 0.366 e. The molecule has 1 amide bonds. The van der Waals surface area contributed by atoms with E-state index >= 15 is 0 Å². The molecule has 0 aliphatic rings. The predicted octanol–water partition coefficient (Wildman–Crippen LogP) is 0.936. The van der Waals surface area contributed by atoms with Gasteiger partial charge in [0.05, 0.1) is 0 Å². The molecule has 106 valence electrons. The van der Waals surface area contributed by atoms with Crippen molar-refractivity contribution in [3.8, 4) is 0 Å². The molecule has 0 spiro atoms. The quantitative estimate of drug-likeness (QED) is 0.771. The fraction of sp³-hybridized carbons (Fsp3) is 0.308. The number of aromatic nitrogens is 3. The van der Waals surface area contributed by atoms with Crippen molar-refractivity contribution in [3.63, 3.8) is 0 Å². The number of aryl methyl sites for hydroxylation is 1. The van der Waals surface area contributed by atoms with Crippen LogP contribution in [0.15, 0.2) is 29.4 Å². The van der Waals surface area contributed by atoms with Crippen molar-refractivity contribution in [2.45, 2.75) is 24.4 Å². The first-order chi connectivity index (χ1) is 9.63. The van der Waals surface area contributed by atoms with Crippen LogP contribution >= 0.6 is 11.8 Å². The number of carbonyl (C=O) groups is 1. The van der Waals surface area contributed by atoms with E-state index in [0.717, 1.165) is 16.5 Å². The minimum Gasteiger partial charge on any atom is -0.366 e. The average molecular weight is 291 g/mol. The second kappa shape index (κ2) is 6.53. The lowest BCUT2D eigenvalue weighted by Crippen LogP contribution is -2.14. The molecule has 0 saturated heterocycles. The highest BCUT2D eigenvalue weighted by Crippen LogP contribution is 2.23. The van der Waals surface area contributed by atoms with E-state index in [4.69, 9.17) is 11.5 Å². The first kappa shape index (κ1) is 14.5. The lowest BCUT2D eigenvalue weighted by molar-refractivity contribution is 0.0999.